The van der Waals surface area contributed by atoms with Crippen LogP contribution in [0.2, 0.25) is 0 Å². The fraction of sp³-hybridized carbons (Fsp3) is 0.0909. The number of rotatable bonds is 4. The molecule has 0 amide bonds. The molecular weight excluding hydrogens is 651 g/mol. The second kappa shape index (κ2) is 12.2. The normalized spacial score (nSPS) is 15.5. The Kier molecular flexibility index (Phi) is 8.65. The van der Waals surface area contributed by atoms with Gasteiger partial charge in [0.1, 0.15) is 29.8 Å². The molecule has 0 aliphatic heterocycles. The first-order valence-corrected chi connectivity index (χ1v) is 12.8. The number of allylic oxidation sites excluding steroid dienone is 6. The Morgan fingerprint density at radius 3 is 1.29 bits per heavy atom. The van der Waals surface area contributed by atoms with Crippen LogP contribution in [0.25, 0.3) is 16.7 Å². The molecule has 0 spiro atoms. The summed E-state index contributed by atoms with van der Waals surface area (Å²) in [5.74, 6) is -12.4. The van der Waals surface area contributed by atoms with Gasteiger partial charge < -0.3 is 0 Å². The zero-order chi connectivity index (χ0) is 35.9. The maximum Gasteiger partial charge on any atom is 0.416 e. The van der Waals surface area contributed by atoms with E-state index in [1.54, 1.807) is 18.2 Å². The molecule has 0 saturated heterocycles. The van der Waals surface area contributed by atoms with Crippen molar-refractivity contribution in [2.24, 2.45) is 0 Å². The van der Waals surface area contributed by atoms with E-state index in [-0.39, 0.29) is 0 Å². The number of nitriles is 6. The molecule has 3 aromatic carbocycles. The van der Waals surface area contributed by atoms with E-state index >= 15 is 8.78 Å². The van der Waals surface area contributed by atoms with Crippen molar-refractivity contribution in [2.75, 3.05) is 0 Å². The van der Waals surface area contributed by atoms with Crippen LogP contribution in [0.5, 0.6) is 0 Å². The minimum Gasteiger partial charge on any atom is -0.203 e. The van der Waals surface area contributed by atoms with E-state index < -0.39 is 113 Å². The van der Waals surface area contributed by atoms with Gasteiger partial charge in [0.05, 0.1) is 51.1 Å². The van der Waals surface area contributed by atoms with Crippen molar-refractivity contribution in [1.29, 1.82) is 31.6 Å². The molecule has 0 bridgehead atoms. The van der Waals surface area contributed by atoms with Gasteiger partial charge in [0.2, 0.25) is 0 Å². The highest BCUT2D eigenvalue weighted by Gasteiger charge is 2.44. The smallest absolute Gasteiger partial charge is 0.203 e. The summed E-state index contributed by atoms with van der Waals surface area (Å²) in [6, 6.07) is 12.4. The van der Waals surface area contributed by atoms with Crippen molar-refractivity contribution in [3.8, 4) is 36.4 Å². The molecule has 1 saturated carbocycles. The van der Waals surface area contributed by atoms with Crippen molar-refractivity contribution in [3.63, 3.8) is 0 Å². The van der Waals surface area contributed by atoms with Crippen LogP contribution < -0.4 is 0 Å². The zero-order valence-electron chi connectivity index (χ0n) is 23.5. The predicted molar refractivity (Wildman–Crippen MR) is 145 cm³/mol. The molecule has 0 atom stereocenters. The van der Waals surface area contributed by atoms with Crippen LogP contribution in [0, 0.1) is 91.3 Å². The van der Waals surface area contributed by atoms with Crippen molar-refractivity contribution in [1.82, 2.24) is 0 Å². The first-order chi connectivity index (χ1) is 22.5. The summed E-state index contributed by atoms with van der Waals surface area (Å²) in [5, 5.41) is 58.6. The summed E-state index contributed by atoms with van der Waals surface area (Å²) >= 11 is 0. The third-order valence-corrected chi connectivity index (χ3v) is 7.05. The number of hydrogen-bond donors (Lipinski definition) is 0. The Bertz CT molecular complexity index is 2180. The topological polar surface area (TPSA) is 143 Å². The summed E-state index contributed by atoms with van der Waals surface area (Å²) in [5.41, 5.74) is -12.4. The molecule has 15 heteroatoms. The van der Waals surface area contributed by atoms with Gasteiger partial charge in [-0.1, -0.05) is 18.2 Å². The van der Waals surface area contributed by atoms with Crippen LogP contribution in [0.1, 0.15) is 51.4 Å². The first kappa shape index (κ1) is 34.1. The Labute approximate surface area is 264 Å². The summed E-state index contributed by atoms with van der Waals surface area (Å²) in [6.45, 7) is 0.504. The lowest BCUT2D eigenvalue weighted by molar-refractivity contribution is -0.137. The molecule has 48 heavy (non-hydrogen) atoms. The molecule has 0 N–H and O–H groups in total. The average Bonchev–Trinajstić information content (AvgIpc) is 3.75. The highest BCUT2D eigenvalue weighted by atomic mass is 19.4. The maximum atomic E-state index is 15.2. The van der Waals surface area contributed by atoms with Crippen LogP contribution in [0.15, 0.2) is 53.1 Å². The molecule has 6 nitrogen and oxygen atoms in total. The van der Waals surface area contributed by atoms with Gasteiger partial charge >= 0.3 is 6.18 Å². The van der Waals surface area contributed by atoms with Crippen LogP contribution in [0.3, 0.4) is 0 Å². The first-order valence-electron chi connectivity index (χ1n) is 12.8. The predicted octanol–water partition coefficient (Wildman–Crippen LogP) is 8.23. The number of halogens is 9. The van der Waals surface area contributed by atoms with Crippen molar-refractivity contribution >= 4 is 16.7 Å². The summed E-state index contributed by atoms with van der Waals surface area (Å²) in [7, 11) is 0. The summed E-state index contributed by atoms with van der Waals surface area (Å²) < 4.78 is 128. The highest BCUT2D eigenvalue weighted by Crippen LogP contribution is 2.57. The maximum absolute atomic E-state index is 15.2. The van der Waals surface area contributed by atoms with Gasteiger partial charge in [0, 0.05) is 40.3 Å². The van der Waals surface area contributed by atoms with Gasteiger partial charge in [-0.3, -0.25) is 0 Å². The molecule has 1 fully saturated rings. The molecule has 234 valence electrons. The zero-order valence-corrected chi connectivity index (χ0v) is 23.5. The van der Waals surface area contributed by atoms with E-state index in [1.807, 2.05) is 0 Å². The molecule has 4 rings (SSSR count). The van der Waals surface area contributed by atoms with Gasteiger partial charge in [-0.2, -0.15) is 44.7 Å². The quantitative estimate of drug-likeness (QED) is 0.157. The van der Waals surface area contributed by atoms with E-state index in [4.69, 9.17) is 5.26 Å². The third kappa shape index (κ3) is 5.58. The second-order valence-corrected chi connectivity index (χ2v) is 9.83. The Hall–Kier alpha value is -6.81. The van der Waals surface area contributed by atoms with Crippen molar-refractivity contribution in [3.05, 3.63) is 121 Å². The Morgan fingerprint density at radius 1 is 0.542 bits per heavy atom. The minimum atomic E-state index is -4.95. The monoisotopic (exact) mass is 660 g/mol. The largest absolute Gasteiger partial charge is 0.416 e. The van der Waals surface area contributed by atoms with Gasteiger partial charge in [-0.15, -0.1) is 0 Å². The van der Waals surface area contributed by atoms with Crippen LogP contribution in [-0.2, 0) is 12.1 Å². The lowest BCUT2D eigenvalue weighted by atomic mass is 9.95. The number of alkyl halides is 5. The number of benzene rings is 3. The molecular formula is C33H9F9N6. The van der Waals surface area contributed by atoms with Crippen molar-refractivity contribution < 1.29 is 39.5 Å². The standard InChI is InChI=1S/C33H9F9N6/c1-32(38,39)16-2-4-18(14(6-16)8-43)20(10-45)24-25(21(11-46)19-5-3-17(33(40,41)42)7-15(19)9-44)26(24)22(12-47)27-30(36)28(34)23(13-48)29(35)31(27)37/h2-7H,1H3. The molecule has 0 aromatic heterocycles. The SMILES string of the molecule is CC(F)(F)c1ccc(C(C#N)=C2C(=C(C#N)c3ccc(C(F)(F)F)cc3C#N)C2=C(C#N)c2c(F)c(F)c(C#N)c(F)c2F)c(C#N)c1. The van der Waals surface area contributed by atoms with E-state index in [9.17, 15) is 57.0 Å². The van der Waals surface area contributed by atoms with E-state index in [2.05, 4.69) is 0 Å². The van der Waals surface area contributed by atoms with Crippen LogP contribution in [0.4, 0.5) is 39.5 Å². The molecule has 0 heterocycles. The van der Waals surface area contributed by atoms with E-state index in [0.29, 0.717) is 31.2 Å². The molecule has 0 radical (unpaired) electrons. The average molecular weight is 660 g/mol. The van der Waals surface area contributed by atoms with Gasteiger partial charge in [0.25, 0.3) is 5.92 Å². The summed E-state index contributed by atoms with van der Waals surface area (Å²) in [6.07, 6.45) is -4.95. The fourth-order valence-corrected chi connectivity index (χ4v) is 4.78. The molecule has 1 aliphatic carbocycles. The van der Waals surface area contributed by atoms with Crippen LogP contribution in [-0.4, -0.2) is 0 Å². The van der Waals surface area contributed by atoms with Gasteiger partial charge in [-0.05, 0) is 18.2 Å². The summed E-state index contributed by atoms with van der Waals surface area (Å²) in [4.78, 5) is 0. The number of nitrogens with zero attached hydrogens (tertiary/aromatic N) is 6. The van der Waals surface area contributed by atoms with Crippen LogP contribution >= 0.6 is 0 Å². The molecule has 3 aromatic rings. The minimum absolute atomic E-state index is 0.362. The Morgan fingerprint density at radius 2 is 0.938 bits per heavy atom. The van der Waals surface area contributed by atoms with Crippen molar-refractivity contribution in [2.45, 2.75) is 19.0 Å². The lowest BCUT2D eigenvalue weighted by Crippen LogP contribution is -2.07. The van der Waals surface area contributed by atoms with E-state index in [0.717, 1.165) is 18.2 Å². The van der Waals surface area contributed by atoms with Gasteiger partial charge in [0.15, 0.2) is 23.3 Å². The molecule has 1 aliphatic rings. The highest BCUT2D eigenvalue weighted by molar-refractivity contribution is 6.12. The fourth-order valence-electron chi connectivity index (χ4n) is 4.78. The number of hydrogen-bond acceptors (Lipinski definition) is 6. The second-order valence-electron chi connectivity index (χ2n) is 9.83. The lowest BCUT2D eigenvalue weighted by Gasteiger charge is -2.12. The third-order valence-electron chi connectivity index (χ3n) is 7.05. The van der Waals surface area contributed by atoms with E-state index in [1.165, 1.54) is 12.1 Å². The van der Waals surface area contributed by atoms with Gasteiger partial charge in [-0.25, -0.2) is 26.3 Å². The molecule has 0 unspecified atom stereocenters. The Balaban J connectivity index is 2.25.